The highest BCUT2D eigenvalue weighted by Crippen LogP contribution is 2.34. The molecule has 134 valence electrons. The predicted octanol–water partition coefficient (Wildman–Crippen LogP) is 3.71. The number of fused-ring (bicyclic) bond motifs is 1. The van der Waals surface area contributed by atoms with Gasteiger partial charge in [0.1, 0.15) is 0 Å². The topological polar surface area (TPSA) is 60.6 Å². The Bertz CT molecular complexity index is 922. The minimum Gasteiger partial charge on any atom is -0.493 e. The van der Waals surface area contributed by atoms with Gasteiger partial charge in [0.05, 0.1) is 20.8 Å². The quantitative estimate of drug-likeness (QED) is 0.698. The molecule has 1 aromatic heterocycles. The standard InChI is InChI=1S/C20H21N3O3/c1-13-10-14-6-4-5-7-16(14)23(13)12-19-21-20(22-26-19)15-8-9-17(24-2)18(11-15)25-3/h4-9,11,13H,10,12H2,1-3H3/t13-/m1/s1. The van der Waals surface area contributed by atoms with Crippen LogP contribution in [0.2, 0.25) is 0 Å². The van der Waals surface area contributed by atoms with Crippen LogP contribution in [0.5, 0.6) is 11.5 Å². The van der Waals surface area contributed by atoms with Gasteiger partial charge in [-0.25, -0.2) is 0 Å². The Morgan fingerprint density at radius 1 is 1.12 bits per heavy atom. The van der Waals surface area contributed by atoms with Crippen molar-refractivity contribution >= 4 is 5.69 Å². The van der Waals surface area contributed by atoms with E-state index in [-0.39, 0.29) is 0 Å². The molecule has 0 amide bonds. The lowest BCUT2D eigenvalue weighted by atomic mass is 10.1. The Labute approximate surface area is 152 Å². The lowest BCUT2D eigenvalue weighted by Gasteiger charge is -2.22. The van der Waals surface area contributed by atoms with Gasteiger partial charge in [0.25, 0.3) is 0 Å². The van der Waals surface area contributed by atoms with Gasteiger partial charge in [-0.3, -0.25) is 0 Å². The third-order valence-electron chi connectivity index (χ3n) is 4.76. The van der Waals surface area contributed by atoms with Gasteiger partial charge in [0, 0.05) is 17.3 Å². The molecule has 26 heavy (non-hydrogen) atoms. The van der Waals surface area contributed by atoms with E-state index in [0.29, 0.717) is 35.8 Å². The second-order valence-corrected chi connectivity index (χ2v) is 6.39. The monoisotopic (exact) mass is 351 g/mol. The summed E-state index contributed by atoms with van der Waals surface area (Å²) in [5.41, 5.74) is 3.43. The molecule has 2 heterocycles. The molecule has 6 nitrogen and oxygen atoms in total. The maximum atomic E-state index is 5.50. The van der Waals surface area contributed by atoms with E-state index in [4.69, 9.17) is 14.0 Å². The molecule has 1 aliphatic rings. The van der Waals surface area contributed by atoms with E-state index in [2.05, 4.69) is 46.2 Å². The molecule has 0 saturated heterocycles. The number of para-hydroxylation sites is 1. The molecular weight excluding hydrogens is 330 g/mol. The number of hydrogen-bond acceptors (Lipinski definition) is 6. The van der Waals surface area contributed by atoms with Crippen molar-refractivity contribution in [2.45, 2.75) is 25.9 Å². The molecule has 0 aliphatic carbocycles. The number of ether oxygens (including phenoxy) is 2. The number of benzene rings is 2. The Morgan fingerprint density at radius 2 is 1.92 bits per heavy atom. The van der Waals surface area contributed by atoms with Crippen molar-refractivity contribution in [1.29, 1.82) is 0 Å². The van der Waals surface area contributed by atoms with E-state index in [1.54, 1.807) is 14.2 Å². The van der Waals surface area contributed by atoms with Gasteiger partial charge in [-0.1, -0.05) is 23.4 Å². The largest absolute Gasteiger partial charge is 0.493 e. The molecule has 1 atom stereocenters. The van der Waals surface area contributed by atoms with Crippen LogP contribution in [0.15, 0.2) is 47.0 Å². The van der Waals surface area contributed by atoms with Gasteiger partial charge in [0.2, 0.25) is 11.7 Å². The Morgan fingerprint density at radius 3 is 2.73 bits per heavy atom. The molecule has 3 aromatic rings. The lowest BCUT2D eigenvalue weighted by Crippen LogP contribution is -2.28. The first kappa shape index (κ1) is 16.4. The maximum absolute atomic E-state index is 5.50. The maximum Gasteiger partial charge on any atom is 0.246 e. The summed E-state index contributed by atoms with van der Waals surface area (Å²) in [6, 6.07) is 14.4. The summed E-state index contributed by atoms with van der Waals surface area (Å²) in [7, 11) is 3.22. The van der Waals surface area contributed by atoms with E-state index in [9.17, 15) is 0 Å². The number of anilines is 1. The zero-order valence-corrected chi connectivity index (χ0v) is 15.1. The molecule has 2 aromatic carbocycles. The van der Waals surface area contributed by atoms with Crippen LogP contribution in [0.3, 0.4) is 0 Å². The zero-order valence-electron chi connectivity index (χ0n) is 15.1. The van der Waals surface area contributed by atoms with Crippen molar-refractivity contribution in [1.82, 2.24) is 10.1 Å². The summed E-state index contributed by atoms with van der Waals surface area (Å²) in [5.74, 6) is 2.44. The molecule has 0 N–H and O–H groups in total. The first-order valence-corrected chi connectivity index (χ1v) is 8.59. The van der Waals surface area contributed by atoms with Crippen LogP contribution in [-0.4, -0.2) is 30.4 Å². The van der Waals surface area contributed by atoms with Gasteiger partial charge in [-0.2, -0.15) is 4.98 Å². The van der Waals surface area contributed by atoms with E-state index in [0.717, 1.165) is 12.0 Å². The second kappa shape index (κ2) is 6.71. The fraction of sp³-hybridized carbons (Fsp3) is 0.300. The van der Waals surface area contributed by atoms with Crippen molar-refractivity contribution in [3.63, 3.8) is 0 Å². The lowest BCUT2D eigenvalue weighted by molar-refractivity contribution is 0.355. The molecule has 0 spiro atoms. The van der Waals surface area contributed by atoms with E-state index in [1.807, 2.05) is 18.2 Å². The van der Waals surface area contributed by atoms with Crippen molar-refractivity contribution in [3.05, 3.63) is 53.9 Å². The van der Waals surface area contributed by atoms with Crippen LogP contribution < -0.4 is 14.4 Å². The van der Waals surface area contributed by atoms with Gasteiger partial charge < -0.3 is 18.9 Å². The number of methoxy groups -OCH3 is 2. The molecule has 1 aliphatic heterocycles. The van der Waals surface area contributed by atoms with E-state index < -0.39 is 0 Å². The summed E-state index contributed by atoms with van der Waals surface area (Å²) in [6.07, 6.45) is 1.03. The van der Waals surface area contributed by atoms with Crippen LogP contribution >= 0.6 is 0 Å². The summed E-state index contributed by atoms with van der Waals surface area (Å²) in [5, 5.41) is 4.13. The Kier molecular flexibility index (Phi) is 4.24. The molecule has 6 heteroatoms. The fourth-order valence-electron chi connectivity index (χ4n) is 3.43. The molecule has 0 unspecified atom stereocenters. The SMILES string of the molecule is COc1ccc(-c2noc(CN3c4ccccc4C[C@H]3C)n2)cc1OC. The van der Waals surface area contributed by atoms with Gasteiger partial charge in [-0.15, -0.1) is 0 Å². The highest BCUT2D eigenvalue weighted by molar-refractivity contribution is 5.61. The van der Waals surface area contributed by atoms with Crippen LogP contribution in [0.25, 0.3) is 11.4 Å². The van der Waals surface area contributed by atoms with Crippen molar-refractivity contribution in [3.8, 4) is 22.9 Å². The molecule has 0 saturated carbocycles. The molecule has 0 bridgehead atoms. The van der Waals surface area contributed by atoms with E-state index in [1.165, 1.54) is 11.3 Å². The third-order valence-corrected chi connectivity index (χ3v) is 4.76. The van der Waals surface area contributed by atoms with Gasteiger partial charge in [-0.05, 0) is 43.2 Å². The normalized spacial score (nSPS) is 15.8. The second-order valence-electron chi connectivity index (χ2n) is 6.39. The van der Waals surface area contributed by atoms with Crippen LogP contribution in [0.4, 0.5) is 5.69 Å². The smallest absolute Gasteiger partial charge is 0.246 e. The van der Waals surface area contributed by atoms with Gasteiger partial charge >= 0.3 is 0 Å². The highest BCUT2D eigenvalue weighted by Gasteiger charge is 2.27. The Balaban J connectivity index is 1.57. The number of rotatable bonds is 5. The van der Waals surface area contributed by atoms with Crippen LogP contribution in [0.1, 0.15) is 18.4 Å². The summed E-state index contributed by atoms with van der Waals surface area (Å²) in [6.45, 7) is 2.81. The third kappa shape index (κ3) is 2.87. The minimum atomic E-state index is 0.406. The number of nitrogens with zero attached hydrogens (tertiary/aromatic N) is 3. The molecule has 0 fully saturated rings. The summed E-state index contributed by atoms with van der Waals surface area (Å²) in [4.78, 5) is 6.87. The Hall–Kier alpha value is -3.02. The summed E-state index contributed by atoms with van der Waals surface area (Å²) >= 11 is 0. The number of hydrogen-bond donors (Lipinski definition) is 0. The fourth-order valence-corrected chi connectivity index (χ4v) is 3.43. The molecule has 0 radical (unpaired) electrons. The van der Waals surface area contributed by atoms with E-state index >= 15 is 0 Å². The van der Waals surface area contributed by atoms with Crippen molar-refractivity contribution in [2.75, 3.05) is 19.1 Å². The first-order chi connectivity index (χ1) is 12.7. The zero-order chi connectivity index (χ0) is 18.1. The summed E-state index contributed by atoms with van der Waals surface area (Å²) < 4.78 is 16.1. The van der Waals surface area contributed by atoms with Gasteiger partial charge in [0.15, 0.2) is 11.5 Å². The first-order valence-electron chi connectivity index (χ1n) is 8.59. The van der Waals surface area contributed by atoms with Crippen LogP contribution in [-0.2, 0) is 13.0 Å². The predicted molar refractivity (Wildman–Crippen MR) is 98.6 cm³/mol. The average Bonchev–Trinajstić information content (AvgIpc) is 3.26. The van der Waals surface area contributed by atoms with Crippen molar-refractivity contribution < 1.29 is 14.0 Å². The molecular formula is C20H21N3O3. The highest BCUT2D eigenvalue weighted by atomic mass is 16.5. The minimum absolute atomic E-state index is 0.406. The average molecular weight is 351 g/mol. The number of aromatic nitrogens is 2. The van der Waals surface area contributed by atoms with Crippen LogP contribution in [0, 0.1) is 0 Å². The molecule has 4 rings (SSSR count). The van der Waals surface area contributed by atoms with Crippen molar-refractivity contribution in [2.24, 2.45) is 0 Å².